The smallest absolute Gasteiger partial charge is 0.128 e. The Morgan fingerprint density at radius 2 is 1.70 bits per heavy atom. The highest BCUT2D eigenvalue weighted by Gasteiger charge is 1.95. The molecule has 1 rings (SSSR count). The summed E-state index contributed by atoms with van der Waals surface area (Å²) in [5, 5.41) is 8.80. The second-order valence-electron chi connectivity index (χ2n) is 1.86. The third-order valence-electron chi connectivity index (χ3n) is 1.14. The van der Waals surface area contributed by atoms with Crippen LogP contribution in [0.4, 0.5) is 0 Å². The molecular weight excluding hydrogens is 194 g/mol. The molecule has 0 radical (unpaired) electrons. The Balaban J connectivity index is 0.000000810. The standard InChI is InChI=1S/C7H9NO.BrH/c8-7(9)6-4-2-1-3-5-6;/h1-5,7,9H,8H2;1H. The topological polar surface area (TPSA) is 46.2 Å². The molecule has 0 fully saturated rings. The SMILES string of the molecule is Br.NC(O)c1ccccc1. The molecule has 3 heteroatoms. The van der Waals surface area contributed by atoms with E-state index in [1.54, 1.807) is 12.1 Å². The van der Waals surface area contributed by atoms with Gasteiger partial charge in [0.25, 0.3) is 0 Å². The fourth-order valence-corrected chi connectivity index (χ4v) is 0.650. The average Bonchev–Trinajstić information content (AvgIpc) is 1.90. The van der Waals surface area contributed by atoms with E-state index < -0.39 is 6.23 Å². The highest BCUT2D eigenvalue weighted by Crippen LogP contribution is 2.04. The number of aliphatic hydroxyl groups is 1. The van der Waals surface area contributed by atoms with E-state index in [-0.39, 0.29) is 17.0 Å². The van der Waals surface area contributed by atoms with Gasteiger partial charge < -0.3 is 10.8 Å². The van der Waals surface area contributed by atoms with Gasteiger partial charge in [-0.25, -0.2) is 0 Å². The molecule has 0 heterocycles. The van der Waals surface area contributed by atoms with Crippen LogP contribution in [0.5, 0.6) is 0 Å². The van der Waals surface area contributed by atoms with E-state index in [4.69, 9.17) is 10.8 Å². The Labute approximate surface area is 70.4 Å². The van der Waals surface area contributed by atoms with Gasteiger partial charge in [0.1, 0.15) is 6.23 Å². The highest BCUT2D eigenvalue weighted by atomic mass is 79.9. The van der Waals surface area contributed by atoms with Crippen molar-refractivity contribution in [3.05, 3.63) is 35.9 Å². The number of benzene rings is 1. The van der Waals surface area contributed by atoms with Crippen LogP contribution in [0, 0.1) is 0 Å². The summed E-state index contributed by atoms with van der Waals surface area (Å²) in [6, 6.07) is 9.12. The maximum absolute atomic E-state index is 8.80. The lowest BCUT2D eigenvalue weighted by Gasteiger charge is -2.01. The van der Waals surface area contributed by atoms with Gasteiger partial charge in [0, 0.05) is 0 Å². The molecule has 0 aliphatic heterocycles. The fraction of sp³-hybridized carbons (Fsp3) is 0.143. The molecule has 10 heavy (non-hydrogen) atoms. The van der Waals surface area contributed by atoms with Crippen LogP contribution in [0.1, 0.15) is 11.8 Å². The third kappa shape index (κ3) is 2.47. The average molecular weight is 204 g/mol. The number of hydrogen-bond donors (Lipinski definition) is 2. The normalized spacial score (nSPS) is 11.8. The van der Waals surface area contributed by atoms with Gasteiger partial charge in [-0.3, -0.25) is 0 Å². The molecule has 1 aromatic carbocycles. The molecule has 3 N–H and O–H groups in total. The van der Waals surface area contributed by atoms with E-state index in [2.05, 4.69) is 0 Å². The summed E-state index contributed by atoms with van der Waals surface area (Å²) in [6.07, 6.45) is -0.841. The summed E-state index contributed by atoms with van der Waals surface area (Å²) in [5.41, 5.74) is 5.92. The Morgan fingerprint density at radius 1 is 1.20 bits per heavy atom. The molecule has 0 aromatic heterocycles. The second-order valence-corrected chi connectivity index (χ2v) is 1.86. The molecule has 0 bridgehead atoms. The van der Waals surface area contributed by atoms with Crippen LogP contribution in [0.25, 0.3) is 0 Å². The van der Waals surface area contributed by atoms with Crippen LogP contribution in [-0.4, -0.2) is 5.11 Å². The van der Waals surface area contributed by atoms with Crippen molar-refractivity contribution in [2.75, 3.05) is 0 Å². The molecule has 0 saturated heterocycles. The first kappa shape index (κ1) is 9.62. The summed E-state index contributed by atoms with van der Waals surface area (Å²) in [6.45, 7) is 0. The summed E-state index contributed by atoms with van der Waals surface area (Å²) < 4.78 is 0. The Kier molecular flexibility index (Phi) is 4.27. The minimum atomic E-state index is -0.841. The minimum absolute atomic E-state index is 0. The van der Waals surface area contributed by atoms with Crippen molar-refractivity contribution in [1.29, 1.82) is 0 Å². The predicted octanol–water partition coefficient (Wildman–Crippen LogP) is 1.21. The molecule has 2 nitrogen and oxygen atoms in total. The predicted molar refractivity (Wildman–Crippen MR) is 45.9 cm³/mol. The van der Waals surface area contributed by atoms with Crippen molar-refractivity contribution in [2.24, 2.45) is 5.73 Å². The van der Waals surface area contributed by atoms with E-state index in [0.29, 0.717) is 0 Å². The quantitative estimate of drug-likeness (QED) is 0.675. The van der Waals surface area contributed by atoms with Crippen molar-refractivity contribution in [3.8, 4) is 0 Å². The maximum Gasteiger partial charge on any atom is 0.128 e. The highest BCUT2D eigenvalue weighted by molar-refractivity contribution is 8.93. The lowest BCUT2D eigenvalue weighted by Crippen LogP contribution is -2.07. The monoisotopic (exact) mass is 203 g/mol. The van der Waals surface area contributed by atoms with Gasteiger partial charge in [-0.2, -0.15) is 0 Å². The van der Waals surface area contributed by atoms with Crippen LogP contribution in [-0.2, 0) is 0 Å². The Hall–Kier alpha value is -0.380. The Morgan fingerprint density at radius 3 is 2.00 bits per heavy atom. The van der Waals surface area contributed by atoms with Crippen LogP contribution in [0.15, 0.2) is 30.3 Å². The second kappa shape index (κ2) is 4.44. The van der Waals surface area contributed by atoms with Gasteiger partial charge >= 0.3 is 0 Å². The third-order valence-corrected chi connectivity index (χ3v) is 1.14. The first-order chi connectivity index (χ1) is 4.30. The number of rotatable bonds is 1. The van der Waals surface area contributed by atoms with Crippen molar-refractivity contribution in [1.82, 2.24) is 0 Å². The number of aliphatic hydroxyl groups excluding tert-OH is 1. The maximum atomic E-state index is 8.80. The van der Waals surface area contributed by atoms with Gasteiger partial charge in [0.15, 0.2) is 0 Å². The van der Waals surface area contributed by atoms with Gasteiger partial charge in [-0.05, 0) is 5.56 Å². The summed E-state index contributed by atoms with van der Waals surface area (Å²) in [4.78, 5) is 0. The van der Waals surface area contributed by atoms with Gasteiger partial charge in [0.05, 0.1) is 0 Å². The van der Waals surface area contributed by atoms with Crippen LogP contribution in [0.2, 0.25) is 0 Å². The van der Waals surface area contributed by atoms with Crippen LogP contribution < -0.4 is 5.73 Å². The van der Waals surface area contributed by atoms with E-state index in [0.717, 1.165) is 5.56 Å². The largest absolute Gasteiger partial charge is 0.375 e. The van der Waals surface area contributed by atoms with Crippen molar-refractivity contribution >= 4 is 17.0 Å². The fourth-order valence-electron chi connectivity index (χ4n) is 0.650. The van der Waals surface area contributed by atoms with Gasteiger partial charge in [0.2, 0.25) is 0 Å². The van der Waals surface area contributed by atoms with E-state index in [9.17, 15) is 0 Å². The van der Waals surface area contributed by atoms with Crippen molar-refractivity contribution < 1.29 is 5.11 Å². The molecule has 1 aromatic rings. The molecule has 1 unspecified atom stereocenters. The zero-order valence-corrected chi connectivity index (χ0v) is 7.11. The molecule has 0 aliphatic carbocycles. The zero-order valence-electron chi connectivity index (χ0n) is 5.40. The minimum Gasteiger partial charge on any atom is -0.375 e. The van der Waals surface area contributed by atoms with Crippen LogP contribution in [0.3, 0.4) is 0 Å². The zero-order chi connectivity index (χ0) is 6.69. The van der Waals surface area contributed by atoms with Gasteiger partial charge in [-0.15, -0.1) is 17.0 Å². The van der Waals surface area contributed by atoms with E-state index >= 15 is 0 Å². The van der Waals surface area contributed by atoms with E-state index in [1.807, 2.05) is 18.2 Å². The Bertz CT molecular complexity index is 176. The molecule has 0 spiro atoms. The molecule has 56 valence electrons. The van der Waals surface area contributed by atoms with Crippen LogP contribution >= 0.6 is 17.0 Å². The first-order valence-electron chi connectivity index (χ1n) is 2.79. The summed E-state index contributed by atoms with van der Waals surface area (Å²) in [5.74, 6) is 0. The number of hydrogen-bond acceptors (Lipinski definition) is 2. The molecule has 0 aliphatic rings. The first-order valence-corrected chi connectivity index (χ1v) is 2.79. The van der Waals surface area contributed by atoms with Gasteiger partial charge in [-0.1, -0.05) is 30.3 Å². The summed E-state index contributed by atoms with van der Waals surface area (Å²) in [7, 11) is 0. The lowest BCUT2D eigenvalue weighted by atomic mass is 10.2. The van der Waals surface area contributed by atoms with Crippen molar-refractivity contribution in [3.63, 3.8) is 0 Å². The molecule has 0 saturated carbocycles. The number of halogens is 1. The lowest BCUT2D eigenvalue weighted by molar-refractivity contribution is 0.186. The van der Waals surface area contributed by atoms with Crippen molar-refractivity contribution in [2.45, 2.75) is 6.23 Å². The van der Waals surface area contributed by atoms with E-state index in [1.165, 1.54) is 0 Å². The molecule has 0 amide bonds. The number of nitrogens with two attached hydrogens (primary N) is 1. The molecule has 1 atom stereocenters. The summed E-state index contributed by atoms with van der Waals surface area (Å²) >= 11 is 0. The molecular formula is C7H10BrNO.